The van der Waals surface area contributed by atoms with Crippen molar-refractivity contribution < 1.29 is 14.7 Å². The van der Waals surface area contributed by atoms with Gasteiger partial charge in [-0.1, -0.05) is 72.4 Å². The molecule has 1 N–H and O–H groups in total. The molecule has 3 aromatic rings. The molecule has 0 radical (unpaired) electrons. The van der Waals surface area contributed by atoms with Crippen molar-refractivity contribution in [2.75, 3.05) is 0 Å². The molecule has 8 bridgehead atoms. The van der Waals surface area contributed by atoms with Gasteiger partial charge in [0.15, 0.2) is 5.78 Å². The molecule has 8 heteroatoms. The quantitative estimate of drug-likeness (QED) is 0.402. The monoisotopic (exact) mass is 530 g/mol. The molecule has 3 atom stereocenters. The van der Waals surface area contributed by atoms with E-state index in [1.54, 1.807) is 0 Å². The predicted octanol–water partition coefficient (Wildman–Crippen LogP) is 3.25. The third kappa shape index (κ3) is 3.83. The van der Waals surface area contributed by atoms with Crippen molar-refractivity contribution in [1.29, 1.82) is 0 Å². The third-order valence-corrected chi connectivity index (χ3v) is 8.84. The third-order valence-electron chi connectivity index (χ3n) is 8.84. The average Bonchev–Trinajstić information content (AvgIpc) is 3.59. The molecular formula is C31H30MgN4O3-2. The minimum Gasteiger partial charge on any atom is -0.664 e. The van der Waals surface area contributed by atoms with E-state index in [-0.39, 0.29) is 34.9 Å². The van der Waals surface area contributed by atoms with Gasteiger partial charge in [0.05, 0.1) is 0 Å². The van der Waals surface area contributed by atoms with Crippen LogP contribution in [0.4, 0.5) is 0 Å². The molecule has 2 aliphatic heterocycles. The molecule has 39 heavy (non-hydrogen) atoms. The van der Waals surface area contributed by atoms with Crippen LogP contribution in [0.25, 0.3) is 29.1 Å². The average molecular weight is 531 g/mol. The maximum Gasteiger partial charge on any atom is 2.00 e. The van der Waals surface area contributed by atoms with E-state index < -0.39 is 17.7 Å². The number of allylic oxidation sites excluding steroid dienone is 2. The fourth-order valence-corrected chi connectivity index (χ4v) is 6.12. The molecule has 196 valence electrons. The Balaban J connectivity index is 0.00000308. The molecule has 1 fully saturated rings. The number of carboxylic acids is 1. The molecule has 5 heterocycles. The SMILES string of the molecule is CCc1c(C)/c2[n-]/c1=C\c1[n-]c3c(c1C)C(=O)[C@H](C(=O)O)/C3=C1/[N-]/C(=C\c3[n-]c(c(C)c3C)\C=2)[C@@H](C)[C@@H]1C.[Mg+2]. The number of hydrogen-bond donors (Lipinski definition) is 1. The largest absolute Gasteiger partial charge is 2.00 e. The Hall–Kier alpha value is -3.23. The van der Waals surface area contributed by atoms with Crippen molar-refractivity contribution in [2.24, 2.45) is 17.8 Å². The summed E-state index contributed by atoms with van der Waals surface area (Å²) in [5.74, 6) is -2.93. The number of hydrogen-bond acceptors (Lipinski definition) is 2. The van der Waals surface area contributed by atoms with Crippen molar-refractivity contribution in [3.8, 4) is 0 Å². The minimum absolute atomic E-state index is 0. The number of fused-ring (bicyclic) bond motifs is 7. The van der Waals surface area contributed by atoms with E-state index in [1.165, 1.54) is 0 Å². The van der Waals surface area contributed by atoms with Gasteiger partial charge in [-0.3, -0.25) is 9.59 Å². The molecule has 1 saturated heterocycles. The van der Waals surface area contributed by atoms with Gasteiger partial charge in [-0.25, -0.2) is 0 Å². The van der Waals surface area contributed by atoms with Crippen LogP contribution in [0.15, 0.2) is 11.4 Å². The Labute approximate surface area is 243 Å². The second kappa shape index (κ2) is 9.45. The van der Waals surface area contributed by atoms with Crippen molar-refractivity contribution in [3.05, 3.63) is 83.6 Å². The maximum absolute atomic E-state index is 13.5. The smallest absolute Gasteiger partial charge is 0.664 e. The van der Waals surface area contributed by atoms with Crippen LogP contribution in [0.1, 0.15) is 81.7 Å². The number of rotatable bonds is 2. The fourth-order valence-electron chi connectivity index (χ4n) is 6.12. The van der Waals surface area contributed by atoms with E-state index in [4.69, 9.17) is 20.3 Å². The topological polar surface area (TPSA) is 111 Å². The maximum atomic E-state index is 13.5. The molecule has 6 rings (SSSR count). The van der Waals surface area contributed by atoms with E-state index >= 15 is 0 Å². The van der Waals surface area contributed by atoms with Crippen molar-refractivity contribution in [3.63, 3.8) is 0 Å². The molecule has 0 spiro atoms. The number of aromatic nitrogens is 3. The van der Waals surface area contributed by atoms with E-state index in [0.717, 1.165) is 56.5 Å². The zero-order chi connectivity index (χ0) is 27.2. The predicted molar refractivity (Wildman–Crippen MR) is 152 cm³/mol. The van der Waals surface area contributed by atoms with Gasteiger partial charge in [-0.15, -0.1) is 33.5 Å². The van der Waals surface area contributed by atoms with Crippen LogP contribution in [0.3, 0.4) is 0 Å². The first-order chi connectivity index (χ1) is 18.0. The van der Waals surface area contributed by atoms with E-state index in [9.17, 15) is 14.7 Å². The normalized spacial score (nSPS) is 26.2. The van der Waals surface area contributed by atoms with Crippen molar-refractivity contribution >= 4 is 58.6 Å². The second-order valence-electron chi connectivity index (χ2n) is 10.8. The fraction of sp³-hybridized carbons (Fsp3) is 0.355. The van der Waals surface area contributed by atoms with Crippen molar-refractivity contribution in [1.82, 2.24) is 15.0 Å². The summed E-state index contributed by atoms with van der Waals surface area (Å²) in [7, 11) is 0. The summed E-state index contributed by atoms with van der Waals surface area (Å²) in [5.41, 5.74) is 10.2. The number of nitrogens with zero attached hydrogens (tertiary/aromatic N) is 4. The van der Waals surface area contributed by atoms with Gasteiger partial charge >= 0.3 is 29.0 Å². The Bertz CT molecular complexity index is 1760. The number of carboxylic acid groups (broad SMARTS) is 1. The van der Waals surface area contributed by atoms with E-state index in [1.807, 2.05) is 26.0 Å². The van der Waals surface area contributed by atoms with Gasteiger partial charge < -0.3 is 25.4 Å². The molecule has 0 unspecified atom stereocenters. The first-order valence-corrected chi connectivity index (χ1v) is 13.1. The summed E-state index contributed by atoms with van der Waals surface area (Å²) in [4.78, 5) is 40.7. The number of Topliss-reactive ketones (excluding diaryl/α,β-unsaturated/α-hetero) is 1. The summed E-state index contributed by atoms with van der Waals surface area (Å²) in [5, 5.41) is 16.8. The Kier molecular flexibility index (Phi) is 6.62. The number of ketones is 1. The van der Waals surface area contributed by atoms with Crippen LogP contribution in [-0.2, 0) is 11.2 Å². The Morgan fingerprint density at radius 3 is 2.10 bits per heavy atom. The molecular weight excluding hydrogens is 501 g/mol. The standard InChI is InChI=1S/C31H32N4O3.Mg/c1-8-18-16(6)22-10-20-13(3)12(2)19(32-20)9-21-14(4)15(5)28(34-21)26-27(31(37)38)30(36)25-17(7)23(35-29(25)26)11-24(18)33-22;/h9-11,14-15,27H,8H2,1-7H3,(H3,34,35,36,37,38);/q-2;+2/p-2/b21-9-,22-10-,24-11-;/t14-,15-,27+;/m0./s1. The summed E-state index contributed by atoms with van der Waals surface area (Å²) in [6.45, 7) is 14.3. The molecule has 3 aromatic heterocycles. The molecule has 0 saturated carbocycles. The van der Waals surface area contributed by atoms with Crippen LogP contribution < -0.4 is 25.7 Å². The first kappa shape index (κ1) is 27.3. The molecule has 1 aliphatic carbocycles. The van der Waals surface area contributed by atoms with Gasteiger partial charge in [0, 0.05) is 5.56 Å². The van der Waals surface area contributed by atoms with Crippen LogP contribution in [0.5, 0.6) is 0 Å². The Morgan fingerprint density at radius 1 is 0.846 bits per heavy atom. The summed E-state index contributed by atoms with van der Waals surface area (Å²) in [6.07, 6.45) is 6.78. The van der Waals surface area contributed by atoms with Gasteiger partial charge in [0.25, 0.3) is 0 Å². The van der Waals surface area contributed by atoms with Gasteiger partial charge in [-0.05, 0) is 46.0 Å². The van der Waals surface area contributed by atoms with E-state index in [0.29, 0.717) is 33.8 Å². The van der Waals surface area contributed by atoms with Crippen LogP contribution in [0, 0.1) is 45.4 Å². The second-order valence-corrected chi connectivity index (χ2v) is 10.8. The number of carbonyl (C=O) groups excluding carboxylic acids is 1. The first-order valence-electron chi connectivity index (χ1n) is 13.1. The van der Waals surface area contributed by atoms with Crippen LogP contribution >= 0.6 is 0 Å². The zero-order valence-corrected chi connectivity index (χ0v) is 24.8. The number of aliphatic carboxylic acids is 1. The van der Waals surface area contributed by atoms with Crippen LogP contribution in [0.2, 0.25) is 0 Å². The summed E-state index contributed by atoms with van der Waals surface area (Å²) >= 11 is 0. The zero-order valence-electron chi connectivity index (χ0n) is 23.4. The Morgan fingerprint density at radius 2 is 1.46 bits per heavy atom. The molecule has 0 aromatic carbocycles. The van der Waals surface area contributed by atoms with Gasteiger partial charge in [0.1, 0.15) is 5.92 Å². The minimum atomic E-state index is -1.30. The molecule has 3 aliphatic rings. The van der Waals surface area contributed by atoms with Crippen LogP contribution in [-0.4, -0.2) is 39.9 Å². The van der Waals surface area contributed by atoms with Gasteiger partial charge in [0.2, 0.25) is 0 Å². The molecule has 0 amide bonds. The summed E-state index contributed by atoms with van der Waals surface area (Å²) < 4.78 is 0. The van der Waals surface area contributed by atoms with Gasteiger partial charge in [-0.2, -0.15) is 11.4 Å². The number of carbonyl (C=O) groups is 2. The summed E-state index contributed by atoms with van der Waals surface area (Å²) in [6, 6.07) is 0. The molecule has 7 nitrogen and oxygen atoms in total. The van der Waals surface area contributed by atoms with E-state index in [2.05, 4.69) is 40.7 Å². The van der Waals surface area contributed by atoms with Crippen molar-refractivity contribution in [2.45, 2.75) is 54.9 Å².